The Bertz CT molecular complexity index is 1290. The third-order valence-corrected chi connectivity index (χ3v) is 6.52. The van der Waals surface area contributed by atoms with Gasteiger partial charge in [0.2, 0.25) is 5.91 Å². The number of para-hydroxylation sites is 1. The van der Waals surface area contributed by atoms with E-state index in [4.69, 9.17) is 11.6 Å². The second kappa shape index (κ2) is 8.99. The largest absolute Gasteiger partial charge is 0.302 e. The summed E-state index contributed by atoms with van der Waals surface area (Å²) < 4.78 is 1.52. The van der Waals surface area contributed by atoms with E-state index in [0.29, 0.717) is 32.0 Å². The number of nitrogens with zero attached hydrogens (tertiary/aromatic N) is 3. The lowest BCUT2D eigenvalue weighted by molar-refractivity contribution is -0.115. The molecule has 2 heterocycles. The van der Waals surface area contributed by atoms with Gasteiger partial charge in [-0.2, -0.15) is 0 Å². The van der Waals surface area contributed by atoms with Gasteiger partial charge in [-0.1, -0.05) is 53.7 Å². The highest BCUT2D eigenvalue weighted by Gasteiger charge is 2.12. The number of hydrogen-bond donors (Lipinski definition) is 1. The first-order valence-corrected chi connectivity index (χ1v) is 11.4. The van der Waals surface area contributed by atoms with E-state index in [0.717, 1.165) is 11.3 Å². The molecule has 0 saturated heterocycles. The van der Waals surface area contributed by atoms with Crippen LogP contribution in [0, 0.1) is 0 Å². The molecule has 2 aromatic heterocycles. The number of carbonyl (C=O) groups excluding carboxylic acids is 1. The van der Waals surface area contributed by atoms with Crippen molar-refractivity contribution in [1.82, 2.24) is 14.5 Å². The highest BCUT2D eigenvalue weighted by molar-refractivity contribution is 7.99. The Labute approximate surface area is 185 Å². The summed E-state index contributed by atoms with van der Waals surface area (Å²) in [5.74, 6) is 0.348. The van der Waals surface area contributed by atoms with E-state index >= 15 is 0 Å². The number of halogens is 1. The van der Waals surface area contributed by atoms with Gasteiger partial charge in [0.25, 0.3) is 5.56 Å². The predicted molar refractivity (Wildman–Crippen MR) is 124 cm³/mol. The zero-order valence-corrected chi connectivity index (χ0v) is 18.4. The monoisotopic (exact) mass is 456 g/mol. The van der Waals surface area contributed by atoms with Crippen molar-refractivity contribution in [3.05, 3.63) is 69.3 Å². The van der Waals surface area contributed by atoms with Crippen LogP contribution in [-0.4, -0.2) is 26.2 Å². The maximum absolute atomic E-state index is 12.4. The van der Waals surface area contributed by atoms with E-state index in [1.807, 2.05) is 41.8 Å². The molecule has 0 aliphatic heterocycles. The molecule has 0 saturated carbocycles. The number of thioether (sulfide) groups is 1. The summed E-state index contributed by atoms with van der Waals surface area (Å²) in [6, 6.07) is 14.7. The van der Waals surface area contributed by atoms with Crippen LogP contribution in [0.1, 0.15) is 6.42 Å². The first-order valence-electron chi connectivity index (χ1n) is 9.12. The number of hydrogen-bond acceptors (Lipinski definition) is 6. The zero-order chi connectivity index (χ0) is 21.1. The number of nitrogens with one attached hydrogen (secondary N) is 1. The van der Waals surface area contributed by atoms with Crippen LogP contribution >= 0.6 is 34.7 Å². The molecule has 152 valence electrons. The van der Waals surface area contributed by atoms with Gasteiger partial charge in [0.15, 0.2) is 10.3 Å². The minimum atomic E-state index is -0.145. The van der Waals surface area contributed by atoms with Gasteiger partial charge in [0.1, 0.15) is 0 Å². The van der Waals surface area contributed by atoms with Crippen molar-refractivity contribution in [2.75, 3.05) is 11.1 Å². The van der Waals surface area contributed by atoms with Crippen molar-refractivity contribution < 1.29 is 4.79 Å². The third-order valence-electron chi connectivity index (χ3n) is 4.40. The third kappa shape index (κ3) is 4.40. The lowest BCUT2D eigenvalue weighted by Gasteiger charge is -2.08. The molecule has 0 fully saturated rings. The number of thiazole rings is 1. The number of anilines is 1. The van der Waals surface area contributed by atoms with Crippen molar-refractivity contribution in [2.45, 2.75) is 11.6 Å². The summed E-state index contributed by atoms with van der Waals surface area (Å²) in [5, 5.41) is 6.99. The SMILES string of the molecule is Cn1c(SCCC(=O)Nc2nc(-c3ccccc3Cl)cs2)nc2ccccc2c1=O. The molecule has 0 atom stereocenters. The summed E-state index contributed by atoms with van der Waals surface area (Å²) in [5.41, 5.74) is 2.12. The second-order valence-corrected chi connectivity index (χ2v) is 8.77. The van der Waals surface area contributed by atoms with E-state index < -0.39 is 0 Å². The molecule has 0 bridgehead atoms. The molecule has 4 aromatic rings. The first kappa shape index (κ1) is 20.6. The normalized spacial score (nSPS) is 11.0. The number of carbonyl (C=O) groups is 1. The van der Waals surface area contributed by atoms with Gasteiger partial charge in [-0.3, -0.25) is 14.2 Å². The molecule has 1 amide bonds. The van der Waals surface area contributed by atoms with Crippen LogP contribution in [0.4, 0.5) is 5.13 Å². The number of aromatic nitrogens is 3. The molecule has 0 spiro atoms. The fraction of sp³-hybridized carbons (Fsp3) is 0.143. The fourth-order valence-corrected chi connectivity index (χ4v) is 4.74. The van der Waals surface area contributed by atoms with Gasteiger partial charge in [-0.25, -0.2) is 9.97 Å². The molecule has 0 radical (unpaired) electrons. The van der Waals surface area contributed by atoms with Crippen LogP contribution in [-0.2, 0) is 11.8 Å². The minimum absolute atomic E-state index is 0.0950. The molecule has 30 heavy (non-hydrogen) atoms. The molecule has 4 rings (SSSR count). The van der Waals surface area contributed by atoms with Gasteiger partial charge >= 0.3 is 0 Å². The van der Waals surface area contributed by atoms with Crippen LogP contribution in [0.15, 0.2) is 63.9 Å². The molecule has 9 heteroatoms. The number of rotatable bonds is 6. The Kier molecular flexibility index (Phi) is 6.17. The van der Waals surface area contributed by atoms with E-state index in [2.05, 4.69) is 15.3 Å². The van der Waals surface area contributed by atoms with Crippen molar-refractivity contribution in [3.8, 4) is 11.3 Å². The molecule has 0 aliphatic rings. The molecular weight excluding hydrogens is 440 g/mol. The summed E-state index contributed by atoms with van der Waals surface area (Å²) in [7, 11) is 1.69. The quantitative estimate of drug-likeness (QED) is 0.332. The Balaban J connectivity index is 1.37. The van der Waals surface area contributed by atoms with E-state index in [1.54, 1.807) is 19.2 Å². The lowest BCUT2D eigenvalue weighted by Crippen LogP contribution is -2.20. The number of fused-ring (bicyclic) bond motifs is 1. The highest BCUT2D eigenvalue weighted by Crippen LogP contribution is 2.30. The molecule has 0 aliphatic carbocycles. The topological polar surface area (TPSA) is 76.9 Å². The smallest absolute Gasteiger partial charge is 0.261 e. The van der Waals surface area contributed by atoms with Crippen LogP contribution < -0.4 is 10.9 Å². The first-order chi connectivity index (χ1) is 14.5. The Morgan fingerprint density at radius 2 is 1.93 bits per heavy atom. The standard InChI is InChI=1S/C21H17ClN4O2S2/c1-26-19(28)14-7-3-5-9-16(14)24-21(26)29-11-10-18(27)25-20-23-17(12-30-20)13-6-2-4-8-15(13)22/h2-9,12H,10-11H2,1H3,(H,23,25,27). The molecular formula is C21H17ClN4O2S2. The predicted octanol–water partition coefficient (Wildman–Crippen LogP) is 4.83. The highest BCUT2D eigenvalue weighted by atomic mass is 35.5. The fourth-order valence-electron chi connectivity index (χ4n) is 2.87. The Hall–Kier alpha value is -2.68. The van der Waals surface area contributed by atoms with Crippen LogP contribution in [0.3, 0.4) is 0 Å². The molecule has 1 N–H and O–H groups in total. The van der Waals surface area contributed by atoms with Crippen LogP contribution in [0.5, 0.6) is 0 Å². The summed E-state index contributed by atoms with van der Waals surface area (Å²) in [6.45, 7) is 0. The molecule has 2 aromatic carbocycles. The van der Waals surface area contributed by atoms with Crippen molar-refractivity contribution in [3.63, 3.8) is 0 Å². The van der Waals surface area contributed by atoms with Gasteiger partial charge in [0.05, 0.1) is 16.6 Å². The lowest BCUT2D eigenvalue weighted by atomic mass is 10.2. The maximum atomic E-state index is 12.4. The summed E-state index contributed by atoms with van der Waals surface area (Å²) >= 11 is 8.93. The van der Waals surface area contributed by atoms with Gasteiger partial charge in [0, 0.05) is 35.2 Å². The summed E-state index contributed by atoms with van der Waals surface area (Å²) in [4.78, 5) is 33.7. The van der Waals surface area contributed by atoms with Crippen LogP contribution in [0.25, 0.3) is 22.2 Å². The van der Waals surface area contributed by atoms with Crippen molar-refractivity contribution in [1.29, 1.82) is 0 Å². The minimum Gasteiger partial charge on any atom is -0.302 e. The summed E-state index contributed by atoms with van der Waals surface area (Å²) in [6.07, 6.45) is 0.272. The van der Waals surface area contributed by atoms with Gasteiger partial charge in [-0.05, 0) is 18.2 Å². The average Bonchev–Trinajstić information content (AvgIpc) is 3.20. The second-order valence-electron chi connectivity index (χ2n) is 6.44. The van der Waals surface area contributed by atoms with Crippen LogP contribution in [0.2, 0.25) is 5.02 Å². The average molecular weight is 457 g/mol. The van der Waals surface area contributed by atoms with Crippen molar-refractivity contribution in [2.24, 2.45) is 7.05 Å². The molecule has 6 nitrogen and oxygen atoms in total. The van der Waals surface area contributed by atoms with E-state index in [9.17, 15) is 9.59 Å². The molecule has 0 unspecified atom stereocenters. The number of benzene rings is 2. The Morgan fingerprint density at radius 1 is 1.17 bits per heavy atom. The van der Waals surface area contributed by atoms with Crippen molar-refractivity contribution >= 4 is 56.6 Å². The van der Waals surface area contributed by atoms with Gasteiger partial charge < -0.3 is 5.32 Å². The Morgan fingerprint density at radius 3 is 2.77 bits per heavy atom. The number of amides is 1. The van der Waals surface area contributed by atoms with E-state index in [1.165, 1.54) is 27.7 Å². The maximum Gasteiger partial charge on any atom is 0.261 e. The van der Waals surface area contributed by atoms with Gasteiger partial charge in [-0.15, -0.1) is 11.3 Å². The zero-order valence-electron chi connectivity index (χ0n) is 16.0. The van der Waals surface area contributed by atoms with E-state index in [-0.39, 0.29) is 17.9 Å².